The number of oxazole rings is 1. The van der Waals surface area contributed by atoms with Gasteiger partial charge in [-0.05, 0) is 68.2 Å². The van der Waals surface area contributed by atoms with Crippen molar-refractivity contribution in [3.05, 3.63) is 60.3 Å². The predicted molar refractivity (Wildman–Crippen MR) is 161 cm³/mol. The molecule has 0 unspecified atom stereocenters. The Bertz CT molecular complexity index is 1680. The van der Waals surface area contributed by atoms with Gasteiger partial charge in [-0.15, -0.1) is 4.33 Å². The minimum Gasteiger partial charge on any atom is -0.481 e. The van der Waals surface area contributed by atoms with Gasteiger partial charge in [0.25, 0.3) is 15.6 Å². The number of nitrogens with zero attached hydrogens (tertiary/aromatic N) is 2. The number of fused-ring (bicyclic) bond motifs is 2. The van der Waals surface area contributed by atoms with Crippen LogP contribution in [0.2, 0.25) is 0 Å². The number of carboxylic acid groups (broad SMARTS) is 2. The lowest BCUT2D eigenvalue weighted by atomic mass is 10.2. The number of benzene rings is 2. The normalized spacial score (nSPS) is 14.0. The highest BCUT2D eigenvalue weighted by atomic mass is 32.2. The van der Waals surface area contributed by atoms with Gasteiger partial charge >= 0.3 is 17.8 Å². The minimum atomic E-state index is -4.45. The second-order valence-corrected chi connectivity index (χ2v) is 12.3. The van der Waals surface area contributed by atoms with Crippen LogP contribution in [-0.2, 0) is 35.6 Å². The standard InChI is InChI=1S/C29H32N2O12S2/c32-28(33)10-3-1-5-16-30-22-18-20(44-43-42-36)12-14-24(22)40-26(30)8-7-9-27-31(17-6-2-4-11-29(34)35)23-19-21(45(37,38)39)13-15-25(23)41-27/h7-9,12-15,18-19H,1-6,10-11,16-17H2,(H3-,32,33,34,35,36,37,38,39)/p+1. The van der Waals surface area contributed by atoms with Gasteiger partial charge in [0, 0.05) is 36.8 Å². The van der Waals surface area contributed by atoms with Crippen LogP contribution in [0.15, 0.2) is 68.6 Å². The van der Waals surface area contributed by atoms with Crippen LogP contribution in [-0.4, -0.2) is 46.9 Å². The van der Waals surface area contributed by atoms with Crippen molar-refractivity contribution >= 4 is 57.0 Å². The molecule has 1 aromatic heterocycles. The topological polar surface area (TPSA) is 197 Å². The van der Waals surface area contributed by atoms with Crippen LogP contribution in [0.3, 0.4) is 0 Å². The highest BCUT2D eigenvalue weighted by Gasteiger charge is 2.28. The number of aryl methyl sites for hydroxylation is 1. The first kappa shape index (κ1) is 34.0. The zero-order valence-corrected chi connectivity index (χ0v) is 25.7. The van der Waals surface area contributed by atoms with Crippen molar-refractivity contribution in [1.82, 2.24) is 0 Å². The first-order valence-corrected chi connectivity index (χ1v) is 16.2. The Morgan fingerprint density at radius 2 is 1.71 bits per heavy atom. The van der Waals surface area contributed by atoms with Crippen LogP contribution in [0.4, 0.5) is 5.69 Å². The highest BCUT2D eigenvalue weighted by Crippen LogP contribution is 2.40. The number of carboxylic acids is 2. The average molecular weight is 666 g/mol. The van der Waals surface area contributed by atoms with Gasteiger partial charge in [-0.25, -0.2) is 5.26 Å². The lowest BCUT2D eigenvalue weighted by molar-refractivity contribution is -0.678. The molecule has 16 heteroatoms. The van der Waals surface area contributed by atoms with Gasteiger partial charge in [-0.1, -0.05) is 11.5 Å². The van der Waals surface area contributed by atoms with Gasteiger partial charge in [0.15, 0.2) is 12.3 Å². The molecule has 0 saturated carbocycles. The van der Waals surface area contributed by atoms with Crippen molar-refractivity contribution in [1.29, 1.82) is 0 Å². The zero-order valence-electron chi connectivity index (χ0n) is 24.0. The van der Waals surface area contributed by atoms with Gasteiger partial charge < -0.3 is 24.3 Å². The first-order valence-electron chi connectivity index (χ1n) is 14.1. The predicted octanol–water partition coefficient (Wildman–Crippen LogP) is 5.44. The molecule has 4 N–H and O–H groups in total. The van der Waals surface area contributed by atoms with E-state index in [1.165, 1.54) is 18.2 Å². The van der Waals surface area contributed by atoms with E-state index in [9.17, 15) is 22.6 Å². The summed E-state index contributed by atoms with van der Waals surface area (Å²) in [6.45, 7) is 0.930. The number of hydrogen-bond donors (Lipinski definition) is 4. The number of rotatable bonds is 18. The van der Waals surface area contributed by atoms with Gasteiger partial charge in [-0.2, -0.15) is 13.0 Å². The Morgan fingerprint density at radius 1 is 0.978 bits per heavy atom. The molecule has 0 radical (unpaired) electrons. The van der Waals surface area contributed by atoms with E-state index < -0.39 is 22.1 Å². The largest absolute Gasteiger partial charge is 0.481 e. The lowest BCUT2D eigenvalue weighted by Crippen LogP contribution is -2.35. The third-order valence-corrected chi connectivity index (χ3v) is 8.31. The summed E-state index contributed by atoms with van der Waals surface area (Å²) >= 11 is 0.806. The van der Waals surface area contributed by atoms with E-state index in [2.05, 4.69) is 9.37 Å². The molecule has 0 aliphatic carbocycles. The molecule has 1 aliphatic rings. The summed E-state index contributed by atoms with van der Waals surface area (Å²) in [5, 5.41) is 30.1. The summed E-state index contributed by atoms with van der Waals surface area (Å²) < 4.78 is 51.7. The molecule has 242 valence electrons. The van der Waals surface area contributed by atoms with Gasteiger partial charge in [0.1, 0.15) is 0 Å². The fraction of sp³-hybridized carbons (Fsp3) is 0.345. The molecule has 1 aliphatic heterocycles. The number of hydrogen-bond acceptors (Lipinski definition) is 11. The summed E-state index contributed by atoms with van der Waals surface area (Å²) in [7, 11) is -4.45. The molecular formula is C29H33N2O12S2+. The fourth-order valence-corrected chi connectivity index (χ4v) is 5.69. The number of allylic oxidation sites excluding steroid dienone is 2. The minimum absolute atomic E-state index is 0.0465. The second kappa shape index (κ2) is 15.9. The molecule has 45 heavy (non-hydrogen) atoms. The molecule has 2 aromatic carbocycles. The van der Waals surface area contributed by atoms with Crippen LogP contribution in [0.1, 0.15) is 57.3 Å². The summed E-state index contributed by atoms with van der Waals surface area (Å²) in [5.74, 6) is -0.444. The molecule has 0 bridgehead atoms. The molecule has 0 spiro atoms. The van der Waals surface area contributed by atoms with E-state index in [0.717, 1.165) is 17.6 Å². The van der Waals surface area contributed by atoms with Crippen LogP contribution in [0, 0.1) is 0 Å². The van der Waals surface area contributed by atoms with E-state index in [1.807, 2.05) is 4.57 Å². The Balaban J connectivity index is 1.60. The van der Waals surface area contributed by atoms with Crippen molar-refractivity contribution in [2.24, 2.45) is 0 Å². The Morgan fingerprint density at radius 3 is 2.40 bits per heavy atom. The smallest absolute Gasteiger partial charge is 0.374 e. The number of anilines is 1. The summed E-state index contributed by atoms with van der Waals surface area (Å²) in [5.41, 5.74) is 1.76. The fourth-order valence-electron chi connectivity index (χ4n) is 4.80. The second-order valence-electron chi connectivity index (χ2n) is 10.1. The molecule has 0 atom stereocenters. The number of aromatic nitrogens is 1. The van der Waals surface area contributed by atoms with Crippen molar-refractivity contribution in [2.45, 2.75) is 67.7 Å². The molecule has 3 aromatic rings. The van der Waals surface area contributed by atoms with Crippen molar-refractivity contribution in [3.8, 4) is 5.75 Å². The summed E-state index contributed by atoms with van der Waals surface area (Å²) in [6, 6.07) is 9.29. The quantitative estimate of drug-likeness (QED) is 0.0335. The van der Waals surface area contributed by atoms with Crippen LogP contribution in [0.5, 0.6) is 5.75 Å². The van der Waals surface area contributed by atoms with Crippen LogP contribution >= 0.6 is 12.0 Å². The molecule has 0 amide bonds. The lowest BCUT2D eigenvalue weighted by Gasteiger charge is -2.18. The van der Waals surface area contributed by atoms with Crippen molar-refractivity contribution < 1.29 is 61.1 Å². The van der Waals surface area contributed by atoms with E-state index in [0.29, 0.717) is 85.3 Å². The van der Waals surface area contributed by atoms with Gasteiger partial charge in [0.2, 0.25) is 11.5 Å². The number of unbranched alkanes of at least 4 members (excludes halogenated alkanes) is 4. The molecule has 4 rings (SSSR count). The van der Waals surface area contributed by atoms with Crippen LogP contribution < -0.4 is 14.2 Å². The highest BCUT2D eigenvalue weighted by molar-refractivity contribution is 7.94. The Hall–Kier alpha value is -3.93. The third kappa shape index (κ3) is 9.53. The molecule has 0 saturated heterocycles. The number of ether oxygens (including phenoxy) is 1. The maximum Gasteiger partial charge on any atom is 0.374 e. The third-order valence-electron chi connectivity index (χ3n) is 6.88. The van der Waals surface area contributed by atoms with E-state index in [4.69, 9.17) is 24.6 Å². The molecular weight excluding hydrogens is 632 g/mol. The zero-order chi connectivity index (χ0) is 32.4. The van der Waals surface area contributed by atoms with E-state index in [-0.39, 0.29) is 17.7 Å². The van der Waals surface area contributed by atoms with Crippen molar-refractivity contribution in [2.75, 3.05) is 11.4 Å². The van der Waals surface area contributed by atoms with E-state index >= 15 is 0 Å². The Kier molecular flexibility index (Phi) is 12.0. The maximum absolute atomic E-state index is 11.8. The number of aliphatic carboxylic acids is 2. The summed E-state index contributed by atoms with van der Waals surface area (Å²) in [4.78, 5) is 23.9. The molecule has 2 heterocycles. The monoisotopic (exact) mass is 665 g/mol. The Labute approximate surface area is 262 Å². The van der Waals surface area contributed by atoms with Gasteiger partial charge in [-0.3, -0.25) is 14.1 Å². The van der Waals surface area contributed by atoms with Gasteiger partial charge in [0.05, 0.1) is 28.7 Å². The average Bonchev–Trinajstić information content (AvgIpc) is 3.51. The summed E-state index contributed by atoms with van der Waals surface area (Å²) in [6.07, 6.45) is 8.88. The maximum atomic E-state index is 11.8. The number of carbonyl (C=O) groups is 2. The van der Waals surface area contributed by atoms with Crippen molar-refractivity contribution in [3.63, 3.8) is 0 Å². The molecule has 14 nitrogen and oxygen atoms in total. The molecule has 0 fully saturated rings. The van der Waals surface area contributed by atoms with Crippen LogP contribution in [0.25, 0.3) is 17.2 Å². The first-order chi connectivity index (χ1) is 21.6. The SMILES string of the molecule is O=C(O)CCCCCN1/C(=C/C=C/c2oc3ccc(SOOO)cc3[n+]2CCCCCC(=O)O)Oc2ccc(S(=O)(=O)O)cc21. The van der Waals surface area contributed by atoms with E-state index in [1.54, 1.807) is 41.3 Å².